The zero-order valence-corrected chi connectivity index (χ0v) is 13.0. The average molecular weight is 333 g/mol. The number of benzene rings is 2. The second-order valence-electron chi connectivity index (χ2n) is 4.91. The molecule has 0 radical (unpaired) electrons. The third-order valence-electron chi connectivity index (χ3n) is 3.14. The fourth-order valence-electron chi connectivity index (χ4n) is 1.96. The summed E-state index contributed by atoms with van der Waals surface area (Å²) in [6.07, 6.45) is -0.725. The predicted molar refractivity (Wildman–Crippen MR) is 83.7 cm³/mol. The zero-order valence-electron chi connectivity index (χ0n) is 12.2. The van der Waals surface area contributed by atoms with Crippen LogP contribution in [0.5, 0.6) is 0 Å². The molecule has 2 aromatic rings. The highest BCUT2D eigenvalue weighted by Crippen LogP contribution is 2.11. The minimum Gasteiger partial charge on any atom is -0.548 e. The summed E-state index contributed by atoms with van der Waals surface area (Å²) < 4.78 is 5.00. The quantitative estimate of drug-likeness (QED) is 0.876. The van der Waals surface area contributed by atoms with Crippen LogP contribution in [0.4, 0.5) is 4.79 Å². The van der Waals surface area contributed by atoms with Crippen molar-refractivity contribution < 1.29 is 19.4 Å². The first-order chi connectivity index (χ1) is 11.0. The number of hydrogen-bond acceptors (Lipinski definition) is 4. The van der Waals surface area contributed by atoms with Gasteiger partial charge in [-0.25, -0.2) is 4.79 Å². The van der Waals surface area contributed by atoms with Crippen LogP contribution in [0, 0.1) is 0 Å². The lowest BCUT2D eigenvalue weighted by Gasteiger charge is -2.19. The van der Waals surface area contributed by atoms with Gasteiger partial charge < -0.3 is 20.0 Å². The number of ether oxygens (including phenoxy) is 1. The molecule has 5 nitrogen and oxygen atoms in total. The number of amides is 1. The summed E-state index contributed by atoms with van der Waals surface area (Å²) in [7, 11) is 0. The number of aliphatic carboxylic acids is 1. The Balaban J connectivity index is 1.89. The molecule has 0 saturated heterocycles. The van der Waals surface area contributed by atoms with Crippen LogP contribution in [0.2, 0.25) is 5.02 Å². The molecule has 0 aliphatic carbocycles. The Morgan fingerprint density at radius 3 is 2.30 bits per heavy atom. The molecule has 1 N–H and O–H groups in total. The van der Waals surface area contributed by atoms with Crippen molar-refractivity contribution >= 4 is 23.7 Å². The van der Waals surface area contributed by atoms with Crippen LogP contribution in [0.15, 0.2) is 54.6 Å². The summed E-state index contributed by atoms with van der Waals surface area (Å²) in [6, 6.07) is 14.6. The topological polar surface area (TPSA) is 78.5 Å². The van der Waals surface area contributed by atoms with Gasteiger partial charge in [0.1, 0.15) is 6.61 Å². The van der Waals surface area contributed by atoms with E-state index in [1.165, 1.54) is 0 Å². The summed E-state index contributed by atoms with van der Waals surface area (Å²) >= 11 is 5.78. The molecule has 0 heterocycles. The molecular weight excluding hydrogens is 318 g/mol. The molecule has 0 aromatic heterocycles. The van der Waals surface area contributed by atoms with Gasteiger partial charge in [-0.1, -0.05) is 54.1 Å². The maximum Gasteiger partial charge on any atom is 0.408 e. The molecule has 0 fully saturated rings. The van der Waals surface area contributed by atoms with E-state index in [4.69, 9.17) is 16.3 Å². The zero-order chi connectivity index (χ0) is 16.7. The van der Waals surface area contributed by atoms with Crippen molar-refractivity contribution in [3.8, 4) is 0 Å². The Bertz CT molecular complexity index is 658. The molecule has 0 spiro atoms. The molecule has 6 heteroatoms. The van der Waals surface area contributed by atoms with Crippen molar-refractivity contribution in [1.29, 1.82) is 0 Å². The molecule has 0 bridgehead atoms. The Morgan fingerprint density at radius 2 is 1.70 bits per heavy atom. The third-order valence-corrected chi connectivity index (χ3v) is 3.39. The number of rotatable bonds is 6. The van der Waals surface area contributed by atoms with Gasteiger partial charge in [0.15, 0.2) is 0 Å². The highest BCUT2D eigenvalue weighted by Gasteiger charge is 2.15. The van der Waals surface area contributed by atoms with Gasteiger partial charge in [-0.2, -0.15) is 0 Å². The van der Waals surface area contributed by atoms with Crippen LogP contribution < -0.4 is 10.4 Å². The van der Waals surface area contributed by atoms with E-state index < -0.39 is 18.1 Å². The molecule has 0 aliphatic heterocycles. The maximum absolute atomic E-state index is 11.7. The minimum absolute atomic E-state index is 0.0629. The van der Waals surface area contributed by atoms with Gasteiger partial charge in [0.2, 0.25) is 0 Å². The highest BCUT2D eigenvalue weighted by atomic mass is 35.5. The summed E-state index contributed by atoms with van der Waals surface area (Å²) in [4.78, 5) is 22.9. The lowest BCUT2D eigenvalue weighted by atomic mass is 10.1. The van der Waals surface area contributed by atoms with Crippen molar-refractivity contribution in [2.24, 2.45) is 0 Å². The van der Waals surface area contributed by atoms with Gasteiger partial charge in [0.25, 0.3) is 0 Å². The van der Waals surface area contributed by atoms with Crippen molar-refractivity contribution in [3.63, 3.8) is 0 Å². The smallest absolute Gasteiger partial charge is 0.408 e. The number of carbonyl (C=O) groups excluding carboxylic acids is 2. The average Bonchev–Trinajstić information content (AvgIpc) is 2.55. The van der Waals surface area contributed by atoms with E-state index in [-0.39, 0.29) is 13.0 Å². The first kappa shape index (κ1) is 16.8. The van der Waals surface area contributed by atoms with E-state index in [2.05, 4.69) is 5.32 Å². The monoisotopic (exact) mass is 332 g/mol. The van der Waals surface area contributed by atoms with Crippen molar-refractivity contribution in [2.45, 2.75) is 19.1 Å². The summed E-state index contributed by atoms with van der Waals surface area (Å²) in [5.74, 6) is -1.38. The van der Waals surface area contributed by atoms with E-state index in [0.29, 0.717) is 10.6 Å². The van der Waals surface area contributed by atoms with Crippen molar-refractivity contribution in [2.75, 3.05) is 0 Å². The fraction of sp³-hybridized carbons (Fsp3) is 0.176. The number of carbonyl (C=O) groups is 2. The maximum atomic E-state index is 11.7. The Morgan fingerprint density at radius 1 is 1.04 bits per heavy atom. The predicted octanol–water partition coefficient (Wildman–Crippen LogP) is 1.93. The van der Waals surface area contributed by atoms with Gasteiger partial charge in [-0.05, 0) is 29.7 Å². The van der Waals surface area contributed by atoms with Crippen LogP contribution >= 0.6 is 11.6 Å². The van der Waals surface area contributed by atoms with Crippen LogP contribution in [0.1, 0.15) is 11.1 Å². The second-order valence-corrected chi connectivity index (χ2v) is 5.34. The van der Waals surface area contributed by atoms with Crippen molar-refractivity contribution in [1.82, 2.24) is 5.32 Å². The summed E-state index contributed by atoms with van der Waals surface area (Å²) in [5, 5.41) is 14.0. The largest absolute Gasteiger partial charge is 0.548 e. The number of carboxylic acids is 1. The molecule has 23 heavy (non-hydrogen) atoms. The molecular formula is C17H15ClNO4-. The third kappa shape index (κ3) is 5.64. The van der Waals surface area contributed by atoms with Gasteiger partial charge in [-0.3, -0.25) is 0 Å². The van der Waals surface area contributed by atoms with Gasteiger partial charge in [0.05, 0.1) is 12.0 Å². The Hall–Kier alpha value is -2.53. The number of alkyl carbamates (subject to hydrolysis) is 1. The number of hydrogen-bond donors (Lipinski definition) is 1. The number of carboxylic acid groups (broad SMARTS) is 1. The van der Waals surface area contributed by atoms with E-state index in [9.17, 15) is 14.7 Å². The highest BCUT2D eigenvalue weighted by molar-refractivity contribution is 6.30. The van der Waals surface area contributed by atoms with Crippen LogP contribution in [-0.4, -0.2) is 18.1 Å². The molecule has 1 amide bonds. The van der Waals surface area contributed by atoms with E-state index >= 15 is 0 Å². The van der Waals surface area contributed by atoms with Crippen LogP contribution in [-0.2, 0) is 22.6 Å². The first-order valence-electron chi connectivity index (χ1n) is 6.97. The van der Waals surface area contributed by atoms with Gasteiger partial charge in [0, 0.05) is 5.02 Å². The summed E-state index contributed by atoms with van der Waals surface area (Å²) in [6.45, 7) is 0.0629. The summed E-state index contributed by atoms with van der Waals surface area (Å²) in [5.41, 5.74) is 1.53. The van der Waals surface area contributed by atoms with E-state index in [1.807, 2.05) is 18.2 Å². The lowest BCUT2D eigenvalue weighted by molar-refractivity contribution is -0.308. The molecule has 0 aliphatic rings. The standard InChI is InChI=1S/C17H16ClNO4/c18-14-8-6-12(7-9-14)10-15(16(20)21)19-17(22)23-11-13-4-2-1-3-5-13/h1-9,15H,10-11H2,(H,19,22)(H,20,21)/p-1. The molecule has 1 unspecified atom stereocenters. The SMILES string of the molecule is O=C(NC(Cc1ccc(Cl)cc1)C(=O)[O-])OCc1ccccc1. The van der Waals surface area contributed by atoms with Crippen molar-refractivity contribution in [3.05, 3.63) is 70.7 Å². The first-order valence-corrected chi connectivity index (χ1v) is 7.35. The van der Waals surface area contributed by atoms with E-state index in [0.717, 1.165) is 5.56 Å². The number of nitrogens with one attached hydrogen (secondary N) is 1. The Labute approximate surface area is 138 Å². The van der Waals surface area contributed by atoms with Crippen LogP contribution in [0.3, 0.4) is 0 Å². The lowest BCUT2D eigenvalue weighted by Crippen LogP contribution is -2.49. The van der Waals surface area contributed by atoms with E-state index in [1.54, 1.807) is 36.4 Å². The Kier molecular flexibility index (Phi) is 6.00. The molecule has 120 valence electrons. The molecule has 1 atom stereocenters. The fourth-order valence-corrected chi connectivity index (χ4v) is 2.08. The normalized spacial score (nSPS) is 11.5. The molecule has 2 aromatic carbocycles. The molecule has 0 saturated carbocycles. The van der Waals surface area contributed by atoms with Gasteiger partial charge >= 0.3 is 6.09 Å². The molecule has 2 rings (SSSR count). The second kappa shape index (κ2) is 8.19. The van der Waals surface area contributed by atoms with Gasteiger partial charge in [-0.15, -0.1) is 0 Å². The van der Waals surface area contributed by atoms with Crippen LogP contribution in [0.25, 0.3) is 0 Å². The number of halogens is 1. The minimum atomic E-state index is -1.38.